The maximum Gasteiger partial charge on any atom is 0.519 e. The first-order valence-electron chi connectivity index (χ1n) is 3.35. The minimum Gasteiger partial charge on any atom is -0.357 e. The van der Waals surface area contributed by atoms with E-state index in [2.05, 4.69) is 4.74 Å². The van der Waals surface area contributed by atoms with Crippen molar-refractivity contribution in [2.24, 2.45) is 7.05 Å². The topological polar surface area (TPSA) is 52.2 Å². The van der Waals surface area contributed by atoms with E-state index < -0.39 is 12.1 Å². The lowest BCUT2D eigenvalue weighted by Gasteiger charge is -1.91. The summed E-state index contributed by atoms with van der Waals surface area (Å²) >= 11 is 0. The molecule has 1 heterocycles. The molecule has 0 N–H and O–H groups in total. The first-order valence-corrected chi connectivity index (χ1v) is 3.35. The van der Waals surface area contributed by atoms with Gasteiger partial charge in [0.25, 0.3) is 6.33 Å². The maximum absolute atomic E-state index is 11.0. The number of nitrogens with zero attached hydrogens (tertiary/aromatic N) is 2. The molecule has 0 amide bonds. The summed E-state index contributed by atoms with van der Waals surface area (Å²) in [5, 5.41) is 0. The van der Waals surface area contributed by atoms with E-state index in [1.807, 2.05) is 0 Å². The van der Waals surface area contributed by atoms with Crippen molar-refractivity contribution >= 4 is 12.1 Å². The Bertz CT molecular complexity index is 316. The van der Waals surface area contributed by atoms with Gasteiger partial charge >= 0.3 is 12.1 Å². The summed E-state index contributed by atoms with van der Waals surface area (Å²) in [6.45, 7) is 1.18. The fourth-order valence-electron chi connectivity index (χ4n) is 0.734. The summed E-state index contributed by atoms with van der Waals surface area (Å²) in [5.41, 5.74) is 0. The van der Waals surface area contributed by atoms with Gasteiger partial charge < -0.3 is 4.74 Å². The van der Waals surface area contributed by atoms with Gasteiger partial charge in [-0.25, -0.2) is 4.57 Å². The molecule has 0 radical (unpaired) electrons. The molecule has 0 aliphatic carbocycles. The Morgan fingerprint density at radius 2 is 2.17 bits per heavy atom. The molecule has 1 aromatic heterocycles. The van der Waals surface area contributed by atoms with E-state index >= 15 is 0 Å². The number of imidazole rings is 1. The van der Waals surface area contributed by atoms with Gasteiger partial charge in [0.1, 0.15) is 12.4 Å². The van der Waals surface area contributed by atoms with Gasteiger partial charge in [0, 0.05) is 6.92 Å². The maximum atomic E-state index is 11.0. The Hall–Kier alpha value is -1.65. The van der Waals surface area contributed by atoms with Gasteiger partial charge in [-0.1, -0.05) is 0 Å². The minimum absolute atomic E-state index is 0.614. The molecular weight excluding hydrogens is 160 g/mol. The molecule has 0 fully saturated rings. The van der Waals surface area contributed by atoms with Crippen LogP contribution < -0.4 is 4.57 Å². The van der Waals surface area contributed by atoms with Gasteiger partial charge in [-0.3, -0.25) is 4.79 Å². The number of rotatable bonds is 0. The minimum atomic E-state index is -0.692. The molecule has 0 bridgehead atoms. The second-order valence-corrected chi connectivity index (χ2v) is 2.35. The smallest absolute Gasteiger partial charge is 0.357 e. The molecule has 5 nitrogen and oxygen atoms in total. The van der Waals surface area contributed by atoms with Crippen LogP contribution in [0.2, 0.25) is 0 Å². The van der Waals surface area contributed by atoms with Gasteiger partial charge in [0.05, 0.1) is 7.05 Å². The highest BCUT2D eigenvalue weighted by molar-refractivity contribution is 5.84. The van der Waals surface area contributed by atoms with Gasteiger partial charge in [-0.2, -0.15) is 4.79 Å². The summed E-state index contributed by atoms with van der Waals surface area (Å²) < 4.78 is 7.17. The van der Waals surface area contributed by atoms with Crippen LogP contribution in [0.15, 0.2) is 18.7 Å². The van der Waals surface area contributed by atoms with E-state index in [0.717, 1.165) is 0 Å². The first-order chi connectivity index (χ1) is 5.59. The standard InChI is InChI=1S/C7H9N2O3/c1-6(10)12-7(11)9-4-3-8(2)5-9/h3-5H,1-2H3/q+1. The van der Waals surface area contributed by atoms with Gasteiger partial charge in [-0.05, 0) is 0 Å². The third-order valence-electron chi connectivity index (χ3n) is 1.21. The lowest BCUT2D eigenvalue weighted by Crippen LogP contribution is -2.25. The summed E-state index contributed by atoms with van der Waals surface area (Å²) in [5.74, 6) is -0.614. The molecule has 64 valence electrons. The summed E-state index contributed by atoms with van der Waals surface area (Å²) in [7, 11) is 1.76. The van der Waals surface area contributed by atoms with Crippen molar-refractivity contribution in [1.82, 2.24) is 4.57 Å². The van der Waals surface area contributed by atoms with Gasteiger partial charge in [-0.15, -0.1) is 4.57 Å². The molecule has 0 saturated heterocycles. The molecule has 0 saturated carbocycles. The highest BCUT2D eigenvalue weighted by Gasteiger charge is 2.14. The highest BCUT2D eigenvalue weighted by atomic mass is 16.6. The molecule has 12 heavy (non-hydrogen) atoms. The fourth-order valence-corrected chi connectivity index (χ4v) is 0.734. The lowest BCUT2D eigenvalue weighted by molar-refractivity contribution is -0.670. The van der Waals surface area contributed by atoms with Crippen LogP contribution in [-0.4, -0.2) is 16.6 Å². The predicted octanol–water partition coefficient (Wildman–Crippen LogP) is -0.156. The second kappa shape index (κ2) is 3.17. The predicted molar refractivity (Wildman–Crippen MR) is 38.2 cm³/mol. The van der Waals surface area contributed by atoms with E-state index in [9.17, 15) is 9.59 Å². The number of hydrogen-bond acceptors (Lipinski definition) is 3. The normalized spacial score (nSPS) is 9.50. The molecule has 0 aliphatic heterocycles. The van der Waals surface area contributed by atoms with Crippen molar-refractivity contribution in [3.63, 3.8) is 0 Å². The zero-order valence-electron chi connectivity index (χ0n) is 6.85. The third-order valence-corrected chi connectivity index (χ3v) is 1.21. The van der Waals surface area contributed by atoms with Crippen molar-refractivity contribution in [1.29, 1.82) is 0 Å². The van der Waals surface area contributed by atoms with E-state index in [-0.39, 0.29) is 0 Å². The molecule has 1 rings (SSSR count). The lowest BCUT2D eigenvalue weighted by atomic mass is 10.8. The monoisotopic (exact) mass is 169 g/mol. The van der Waals surface area contributed by atoms with Gasteiger partial charge in [0.2, 0.25) is 0 Å². The molecule has 0 spiro atoms. The van der Waals surface area contributed by atoms with Crippen molar-refractivity contribution in [3.8, 4) is 0 Å². The van der Waals surface area contributed by atoms with Crippen LogP contribution in [0.25, 0.3) is 0 Å². The zero-order chi connectivity index (χ0) is 9.14. The number of carbonyl (C=O) groups is 2. The van der Waals surface area contributed by atoms with E-state index in [0.29, 0.717) is 0 Å². The van der Waals surface area contributed by atoms with Gasteiger partial charge in [0.15, 0.2) is 0 Å². The molecular formula is C7H9N2O3+. The average molecular weight is 169 g/mol. The average Bonchev–Trinajstić information content (AvgIpc) is 2.34. The molecule has 0 aromatic carbocycles. The van der Waals surface area contributed by atoms with Crippen LogP contribution in [0.1, 0.15) is 6.92 Å². The number of aromatic nitrogens is 2. The number of esters is 1. The van der Waals surface area contributed by atoms with E-state index in [1.54, 1.807) is 17.8 Å². The molecule has 1 aromatic rings. The Labute approximate surface area is 69.2 Å². The third kappa shape index (κ3) is 1.91. The quantitative estimate of drug-likeness (QED) is 0.308. The van der Waals surface area contributed by atoms with Crippen LogP contribution in [0.3, 0.4) is 0 Å². The van der Waals surface area contributed by atoms with Crippen LogP contribution in [0.4, 0.5) is 4.79 Å². The summed E-state index contributed by atoms with van der Waals surface area (Å²) in [6, 6.07) is 0. The SMILES string of the molecule is CC(=O)OC(=O)n1cc[n+](C)c1. The van der Waals surface area contributed by atoms with Crippen molar-refractivity contribution < 1.29 is 18.9 Å². The van der Waals surface area contributed by atoms with E-state index in [4.69, 9.17) is 0 Å². The van der Waals surface area contributed by atoms with Crippen molar-refractivity contribution in [2.75, 3.05) is 0 Å². The Morgan fingerprint density at radius 1 is 1.50 bits per heavy atom. The fraction of sp³-hybridized carbons (Fsp3) is 0.286. The van der Waals surface area contributed by atoms with Crippen LogP contribution in [0.5, 0.6) is 0 Å². The summed E-state index contributed by atoms with van der Waals surface area (Å²) in [4.78, 5) is 21.3. The number of aryl methyl sites for hydroxylation is 1. The Kier molecular flexibility index (Phi) is 2.23. The highest BCUT2D eigenvalue weighted by Crippen LogP contribution is 1.88. The zero-order valence-corrected chi connectivity index (χ0v) is 6.85. The number of ether oxygens (including phenoxy) is 1. The Morgan fingerprint density at radius 3 is 2.58 bits per heavy atom. The van der Waals surface area contributed by atoms with E-state index in [1.165, 1.54) is 24.0 Å². The van der Waals surface area contributed by atoms with Crippen molar-refractivity contribution in [2.45, 2.75) is 6.92 Å². The van der Waals surface area contributed by atoms with Crippen LogP contribution in [-0.2, 0) is 16.6 Å². The molecule has 0 unspecified atom stereocenters. The first kappa shape index (κ1) is 8.45. The van der Waals surface area contributed by atoms with Crippen LogP contribution in [0, 0.1) is 0 Å². The van der Waals surface area contributed by atoms with Crippen molar-refractivity contribution in [3.05, 3.63) is 18.7 Å². The Balaban J connectivity index is 2.72. The largest absolute Gasteiger partial charge is 0.519 e. The summed E-state index contributed by atoms with van der Waals surface area (Å²) in [6.07, 6.45) is 3.99. The van der Waals surface area contributed by atoms with Crippen LogP contribution >= 0.6 is 0 Å². The number of carbonyl (C=O) groups excluding carboxylic acids is 2. The number of hydrogen-bond donors (Lipinski definition) is 0. The molecule has 5 heteroatoms. The molecule has 0 atom stereocenters. The second-order valence-electron chi connectivity index (χ2n) is 2.35. The molecule has 0 aliphatic rings.